The third-order valence-corrected chi connectivity index (χ3v) is 4.47. The molecule has 3 aromatic carbocycles. The third-order valence-electron chi connectivity index (χ3n) is 4.24. The van der Waals surface area contributed by atoms with Crippen molar-refractivity contribution in [3.63, 3.8) is 0 Å². The minimum absolute atomic E-state index is 0.107. The molecule has 7 nitrogen and oxygen atoms in total. The van der Waals surface area contributed by atoms with Gasteiger partial charge in [0, 0.05) is 10.7 Å². The summed E-state index contributed by atoms with van der Waals surface area (Å²) in [4.78, 5) is 23.9. The number of para-hydroxylation sites is 1. The van der Waals surface area contributed by atoms with E-state index in [1.165, 1.54) is 6.21 Å². The van der Waals surface area contributed by atoms with Crippen LogP contribution in [0.5, 0.6) is 11.5 Å². The van der Waals surface area contributed by atoms with Crippen LogP contribution in [0.4, 0.5) is 5.69 Å². The fourth-order valence-corrected chi connectivity index (χ4v) is 2.80. The maximum absolute atomic E-state index is 12.1. The van der Waals surface area contributed by atoms with E-state index in [0.29, 0.717) is 16.5 Å². The molecule has 8 heteroatoms. The lowest BCUT2D eigenvalue weighted by atomic mass is 10.2. The van der Waals surface area contributed by atoms with Crippen LogP contribution in [0.1, 0.15) is 11.1 Å². The maximum Gasteiger partial charge on any atom is 0.277 e. The zero-order valence-corrected chi connectivity index (χ0v) is 18.1. The van der Waals surface area contributed by atoms with Crippen LogP contribution in [0.3, 0.4) is 0 Å². The summed E-state index contributed by atoms with van der Waals surface area (Å²) < 4.78 is 10.8. The lowest BCUT2D eigenvalue weighted by Crippen LogP contribution is -2.24. The highest BCUT2D eigenvalue weighted by Gasteiger charge is 2.06. The minimum atomic E-state index is -0.402. The van der Waals surface area contributed by atoms with Gasteiger partial charge < -0.3 is 14.8 Å². The van der Waals surface area contributed by atoms with Gasteiger partial charge in [0.25, 0.3) is 11.8 Å². The Morgan fingerprint density at radius 3 is 2.38 bits per heavy atom. The number of nitrogens with one attached hydrogen (secondary N) is 2. The van der Waals surface area contributed by atoms with E-state index < -0.39 is 5.91 Å². The molecule has 2 amide bonds. The summed E-state index contributed by atoms with van der Waals surface area (Å²) in [6.45, 7) is 1.63. The van der Waals surface area contributed by atoms with Gasteiger partial charge in [-0.25, -0.2) is 5.43 Å². The SMILES string of the molecule is Cc1ccccc1NC(=O)COc1ccc(/C=N/NC(=O)COc2cccc(Cl)c2)cc1. The summed E-state index contributed by atoms with van der Waals surface area (Å²) >= 11 is 5.86. The van der Waals surface area contributed by atoms with E-state index in [9.17, 15) is 9.59 Å². The number of rotatable bonds is 9. The molecule has 0 aliphatic carbocycles. The first-order valence-corrected chi connectivity index (χ1v) is 10.2. The van der Waals surface area contributed by atoms with Gasteiger partial charge >= 0.3 is 0 Å². The molecule has 0 heterocycles. The quantitative estimate of drug-likeness (QED) is 0.377. The van der Waals surface area contributed by atoms with E-state index in [2.05, 4.69) is 15.8 Å². The number of hydrazone groups is 1. The van der Waals surface area contributed by atoms with Gasteiger partial charge in [0.1, 0.15) is 11.5 Å². The minimum Gasteiger partial charge on any atom is -0.484 e. The van der Waals surface area contributed by atoms with Crippen LogP contribution >= 0.6 is 11.6 Å². The molecule has 0 radical (unpaired) electrons. The Labute approximate surface area is 191 Å². The second kappa shape index (κ2) is 11.5. The molecule has 0 aliphatic rings. The molecule has 0 bridgehead atoms. The number of aryl methyl sites for hydroxylation is 1. The Morgan fingerprint density at radius 2 is 1.62 bits per heavy atom. The lowest BCUT2D eigenvalue weighted by Gasteiger charge is -2.09. The van der Waals surface area contributed by atoms with Crippen molar-refractivity contribution in [1.29, 1.82) is 0 Å². The van der Waals surface area contributed by atoms with Crippen molar-refractivity contribution in [2.45, 2.75) is 6.92 Å². The first kappa shape index (κ1) is 22.8. The normalized spacial score (nSPS) is 10.6. The van der Waals surface area contributed by atoms with E-state index in [4.69, 9.17) is 21.1 Å². The van der Waals surface area contributed by atoms with Crippen molar-refractivity contribution in [3.05, 3.63) is 88.9 Å². The summed E-state index contributed by atoms with van der Waals surface area (Å²) in [5.41, 5.74) is 4.87. The molecular formula is C24H22ClN3O4. The Morgan fingerprint density at radius 1 is 0.906 bits per heavy atom. The highest BCUT2D eigenvalue weighted by atomic mass is 35.5. The number of benzene rings is 3. The van der Waals surface area contributed by atoms with Gasteiger partial charge in [0.2, 0.25) is 0 Å². The lowest BCUT2D eigenvalue weighted by molar-refractivity contribution is -0.123. The van der Waals surface area contributed by atoms with Crippen LogP contribution in [-0.4, -0.2) is 31.2 Å². The molecular weight excluding hydrogens is 430 g/mol. The second-order valence-electron chi connectivity index (χ2n) is 6.76. The number of hydrogen-bond acceptors (Lipinski definition) is 5. The fraction of sp³-hybridized carbons (Fsp3) is 0.125. The molecule has 0 aromatic heterocycles. The third kappa shape index (κ3) is 7.45. The number of amides is 2. The predicted molar refractivity (Wildman–Crippen MR) is 124 cm³/mol. The largest absolute Gasteiger partial charge is 0.484 e. The summed E-state index contributed by atoms with van der Waals surface area (Å²) in [6, 6.07) is 21.2. The average Bonchev–Trinajstić information content (AvgIpc) is 2.79. The van der Waals surface area contributed by atoms with Gasteiger partial charge in [0.05, 0.1) is 6.21 Å². The van der Waals surface area contributed by atoms with Crippen molar-refractivity contribution in [3.8, 4) is 11.5 Å². The standard InChI is InChI=1S/C24H22ClN3O4/c1-17-5-2-3-8-22(17)27-23(29)15-31-20-11-9-18(10-12-20)14-26-28-24(30)16-32-21-7-4-6-19(25)13-21/h2-14H,15-16H2,1H3,(H,27,29)(H,28,30)/b26-14+. The van der Waals surface area contributed by atoms with Crippen molar-refractivity contribution in [2.75, 3.05) is 18.5 Å². The van der Waals surface area contributed by atoms with Crippen LogP contribution < -0.4 is 20.2 Å². The first-order valence-electron chi connectivity index (χ1n) is 9.78. The summed E-state index contributed by atoms with van der Waals surface area (Å²) in [5, 5.41) is 7.23. The van der Waals surface area contributed by atoms with Crippen LogP contribution in [0.15, 0.2) is 77.9 Å². The van der Waals surface area contributed by atoms with E-state index >= 15 is 0 Å². The van der Waals surface area contributed by atoms with Gasteiger partial charge in [-0.05, 0) is 66.6 Å². The summed E-state index contributed by atoms with van der Waals surface area (Å²) in [6.07, 6.45) is 1.49. The Hall–Kier alpha value is -3.84. The van der Waals surface area contributed by atoms with Gasteiger partial charge in [-0.3, -0.25) is 9.59 Å². The summed E-state index contributed by atoms with van der Waals surface area (Å²) in [5.74, 6) is 0.398. The Bertz CT molecular complexity index is 1100. The molecule has 0 spiro atoms. The van der Waals surface area contributed by atoms with Gasteiger partial charge in [0.15, 0.2) is 13.2 Å². The number of carbonyl (C=O) groups is 2. The van der Waals surface area contributed by atoms with Crippen molar-refractivity contribution < 1.29 is 19.1 Å². The van der Waals surface area contributed by atoms with Gasteiger partial charge in [-0.15, -0.1) is 0 Å². The molecule has 2 N–H and O–H groups in total. The molecule has 32 heavy (non-hydrogen) atoms. The fourth-order valence-electron chi connectivity index (χ4n) is 2.62. The number of ether oxygens (including phenoxy) is 2. The average molecular weight is 452 g/mol. The molecule has 0 fully saturated rings. The molecule has 3 aromatic rings. The molecule has 0 saturated heterocycles. The van der Waals surface area contributed by atoms with E-state index in [1.807, 2.05) is 31.2 Å². The van der Waals surface area contributed by atoms with Crippen LogP contribution in [0, 0.1) is 6.92 Å². The number of carbonyl (C=O) groups excluding carboxylic acids is 2. The van der Waals surface area contributed by atoms with E-state index in [1.54, 1.807) is 48.5 Å². The van der Waals surface area contributed by atoms with Crippen molar-refractivity contribution in [1.82, 2.24) is 5.43 Å². The molecule has 0 atom stereocenters. The monoisotopic (exact) mass is 451 g/mol. The summed E-state index contributed by atoms with van der Waals surface area (Å²) in [7, 11) is 0. The highest BCUT2D eigenvalue weighted by Crippen LogP contribution is 2.17. The van der Waals surface area contributed by atoms with Gasteiger partial charge in [-0.2, -0.15) is 5.10 Å². The molecule has 164 valence electrons. The van der Waals surface area contributed by atoms with E-state index in [-0.39, 0.29) is 19.1 Å². The molecule has 0 unspecified atom stereocenters. The van der Waals surface area contributed by atoms with Crippen LogP contribution in [0.2, 0.25) is 5.02 Å². The first-order chi connectivity index (χ1) is 15.5. The topological polar surface area (TPSA) is 89.0 Å². The smallest absolute Gasteiger partial charge is 0.277 e. The predicted octanol–water partition coefficient (Wildman–Crippen LogP) is 4.20. The number of halogens is 1. The molecule has 3 rings (SSSR count). The van der Waals surface area contributed by atoms with Crippen LogP contribution in [0.25, 0.3) is 0 Å². The number of nitrogens with zero attached hydrogens (tertiary/aromatic N) is 1. The zero-order chi connectivity index (χ0) is 22.8. The number of hydrogen-bond donors (Lipinski definition) is 2. The van der Waals surface area contributed by atoms with Crippen LogP contribution in [-0.2, 0) is 9.59 Å². The molecule has 0 aliphatic heterocycles. The van der Waals surface area contributed by atoms with Gasteiger partial charge in [-0.1, -0.05) is 35.9 Å². The van der Waals surface area contributed by atoms with E-state index in [0.717, 1.165) is 16.8 Å². The second-order valence-corrected chi connectivity index (χ2v) is 7.20. The Kier molecular flexibility index (Phi) is 8.22. The highest BCUT2D eigenvalue weighted by molar-refractivity contribution is 6.30. The number of anilines is 1. The zero-order valence-electron chi connectivity index (χ0n) is 17.4. The molecule has 0 saturated carbocycles. The maximum atomic E-state index is 12.1. The Balaban J connectivity index is 1.40. The van der Waals surface area contributed by atoms with Crippen molar-refractivity contribution in [2.24, 2.45) is 5.10 Å². The van der Waals surface area contributed by atoms with Crippen molar-refractivity contribution >= 4 is 35.3 Å².